The van der Waals surface area contributed by atoms with Crippen LogP contribution in [0.2, 0.25) is 5.02 Å². The number of ether oxygens (including phenoxy) is 2. The number of halogens is 1. The maximum atomic E-state index is 10.0. The molecule has 1 unspecified atom stereocenters. The van der Waals surface area contributed by atoms with Crippen molar-refractivity contribution in [3.8, 4) is 5.75 Å². The molecule has 0 saturated carbocycles. The molecule has 0 heterocycles. The fraction of sp³-hybridized carbons (Fsp3) is 0.600. The fourth-order valence-corrected chi connectivity index (χ4v) is 1.80. The van der Waals surface area contributed by atoms with Crippen molar-refractivity contribution < 1.29 is 14.6 Å². The number of hydrogen-bond donors (Lipinski definition) is 2. The third kappa shape index (κ3) is 5.67. The molecule has 0 fully saturated rings. The minimum absolute atomic E-state index is 0.245. The quantitative estimate of drug-likeness (QED) is 0.689. The molecule has 5 heteroatoms. The zero-order chi connectivity index (χ0) is 15.0. The number of benzene rings is 1. The van der Waals surface area contributed by atoms with Crippen LogP contribution >= 0.6 is 11.6 Å². The molecule has 0 amide bonds. The predicted octanol–water partition coefficient (Wildman–Crippen LogP) is 2.62. The molecule has 1 atom stereocenters. The van der Waals surface area contributed by atoms with E-state index in [0.29, 0.717) is 30.3 Å². The molecule has 1 rings (SSSR count). The zero-order valence-corrected chi connectivity index (χ0v) is 13.2. The van der Waals surface area contributed by atoms with Crippen LogP contribution in [0.25, 0.3) is 0 Å². The van der Waals surface area contributed by atoms with Gasteiger partial charge in [-0.1, -0.05) is 24.6 Å². The van der Waals surface area contributed by atoms with E-state index in [9.17, 15) is 5.11 Å². The molecule has 4 nitrogen and oxygen atoms in total. The van der Waals surface area contributed by atoms with Gasteiger partial charge in [0.2, 0.25) is 0 Å². The molecular weight excluding hydrogens is 278 g/mol. The molecule has 0 aliphatic carbocycles. The molecular formula is C15H24ClNO3. The van der Waals surface area contributed by atoms with Crippen LogP contribution in [0.4, 0.5) is 0 Å². The summed E-state index contributed by atoms with van der Waals surface area (Å²) in [5.41, 5.74) is 0.0699. The second-order valence-electron chi connectivity index (χ2n) is 5.03. The number of hydrogen-bond acceptors (Lipinski definition) is 4. The van der Waals surface area contributed by atoms with Crippen molar-refractivity contribution in [2.24, 2.45) is 0 Å². The Kier molecular flexibility index (Phi) is 7.30. The number of aliphatic hydroxyl groups is 1. The highest BCUT2D eigenvalue weighted by Crippen LogP contribution is 2.27. The van der Waals surface area contributed by atoms with Gasteiger partial charge in [-0.3, -0.25) is 0 Å². The number of nitrogens with one attached hydrogen (secondary N) is 1. The highest BCUT2D eigenvalue weighted by Gasteiger charge is 2.19. The molecule has 2 N–H and O–H groups in total. The summed E-state index contributed by atoms with van der Waals surface area (Å²) in [7, 11) is 1.67. The molecule has 0 radical (unpaired) electrons. The van der Waals surface area contributed by atoms with Crippen LogP contribution in [0, 0.1) is 0 Å². The molecule has 1 aromatic rings. The van der Waals surface area contributed by atoms with E-state index in [1.165, 1.54) is 0 Å². The van der Waals surface area contributed by atoms with Gasteiger partial charge in [0.05, 0.1) is 12.2 Å². The van der Waals surface area contributed by atoms with Crippen molar-refractivity contribution >= 4 is 11.6 Å². The van der Waals surface area contributed by atoms with E-state index in [1.54, 1.807) is 14.0 Å². The first kappa shape index (κ1) is 17.2. The first-order valence-corrected chi connectivity index (χ1v) is 7.20. The number of methoxy groups -OCH3 is 1. The van der Waals surface area contributed by atoms with Gasteiger partial charge in [-0.2, -0.15) is 0 Å². The lowest BCUT2D eigenvalue weighted by Crippen LogP contribution is -2.31. The SMILES string of the molecule is CCC(C)(O)COc1cccc(Cl)c1CNCCOC. The van der Waals surface area contributed by atoms with Crippen LogP contribution in [-0.4, -0.2) is 37.6 Å². The van der Waals surface area contributed by atoms with E-state index in [-0.39, 0.29) is 6.61 Å². The lowest BCUT2D eigenvalue weighted by molar-refractivity contribution is 0.00816. The second-order valence-corrected chi connectivity index (χ2v) is 5.43. The van der Waals surface area contributed by atoms with Gasteiger partial charge in [-0.05, 0) is 25.5 Å². The van der Waals surface area contributed by atoms with Crippen molar-refractivity contribution in [3.63, 3.8) is 0 Å². The number of rotatable bonds is 9. The molecule has 0 saturated heterocycles. The molecule has 0 aliphatic heterocycles. The van der Waals surface area contributed by atoms with Gasteiger partial charge in [-0.15, -0.1) is 0 Å². The summed E-state index contributed by atoms with van der Waals surface area (Å²) >= 11 is 6.21. The molecule has 0 spiro atoms. The summed E-state index contributed by atoms with van der Waals surface area (Å²) in [5.74, 6) is 0.705. The van der Waals surface area contributed by atoms with Crippen molar-refractivity contribution in [2.45, 2.75) is 32.4 Å². The van der Waals surface area contributed by atoms with E-state index in [0.717, 1.165) is 12.1 Å². The van der Waals surface area contributed by atoms with Gasteiger partial charge in [0.1, 0.15) is 12.4 Å². The Balaban J connectivity index is 2.67. The first-order chi connectivity index (χ1) is 9.50. The summed E-state index contributed by atoms with van der Waals surface area (Å²) in [4.78, 5) is 0. The molecule has 1 aromatic carbocycles. The molecule has 0 aromatic heterocycles. The minimum atomic E-state index is -0.830. The fourth-order valence-electron chi connectivity index (χ4n) is 1.57. The van der Waals surface area contributed by atoms with Gasteiger partial charge in [0.25, 0.3) is 0 Å². The predicted molar refractivity (Wildman–Crippen MR) is 81.4 cm³/mol. The van der Waals surface area contributed by atoms with E-state index in [2.05, 4.69) is 5.32 Å². The Morgan fingerprint density at radius 3 is 2.80 bits per heavy atom. The average Bonchev–Trinajstić information content (AvgIpc) is 2.43. The Morgan fingerprint density at radius 1 is 1.40 bits per heavy atom. The summed E-state index contributed by atoms with van der Waals surface area (Å²) in [6.07, 6.45) is 0.634. The molecule has 114 valence electrons. The van der Waals surface area contributed by atoms with Crippen LogP contribution in [0.5, 0.6) is 5.75 Å². The van der Waals surface area contributed by atoms with Gasteiger partial charge in [-0.25, -0.2) is 0 Å². The van der Waals surface area contributed by atoms with Crippen molar-refractivity contribution in [2.75, 3.05) is 26.9 Å². The summed E-state index contributed by atoms with van der Waals surface area (Å²) < 4.78 is 10.7. The van der Waals surface area contributed by atoms with Crippen LogP contribution in [0.3, 0.4) is 0 Å². The summed E-state index contributed by atoms with van der Waals surface area (Å²) in [6.45, 7) is 5.92. The van der Waals surface area contributed by atoms with Crippen LogP contribution < -0.4 is 10.1 Å². The van der Waals surface area contributed by atoms with E-state index in [4.69, 9.17) is 21.1 Å². The Hall–Kier alpha value is -0.810. The minimum Gasteiger partial charge on any atom is -0.490 e. The Labute approximate surface area is 126 Å². The summed E-state index contributed by atoms with van der Waals surface area (Å²) in [5, 5.41) is 13.9. The van der Waals surface area contributed by atoms with Crippen molar-refractivity contribution in [1.29, 1.82) is 0 Å². The van der Waals surface area contributed by atoms with Crippen molar-refractivity contribution in [1.82, 2.24) is 5.32 Å². The smallest absolute Gasteiger partial charge is 0.125 e. The average molecular weight is 302 g/mol. The maximum absolute atomic E-state index is 10.0. The Morgan fingerprint density at radius 2 is 2.15 bits per heavy atom. The van der Waals surface area contributed by atoms with Crippen LogP contribution in [0.1, 0.15) is 25.8 Å². The maximum Gasteiger partial charge on any atom is 0.125 e. The largest absolute Gasteiger partial charge is 0.490 e. The first-order valence-electron chi connectivity index (χ1n) is 6.82. The monoisotopic (exact) mass is 301 g/mol. The highest BCUT2D eigenvalue weighted by molar-refractivity contribution is 6.31. The molecule has 20 heavy (non-hydrogen) atoms. The highest BCUT2D eigenvalue weighted by atomic mass is 35.5. The Bertz CT molecular complexity index is 410. The van der Waals surface area contributed by atoms with Gasteiger partial charge in [0.15, 0.2) is 0 Å². The van der Waals surface area contributed by atoms with Gasteiger partial charge >= 0.3 is 0 Å². The van der Waals surface area contributed by atoms with Crippen LogP contribution in [0.15, 0.2) is 18.2 Å². The van der Waals surface area contributed by atoms with Gasteiger partial charge in [0, 0.05) is 30.8 Å². The second kappa shape index (κ2) is 8.47. The van der Waals surface area contributed by atoms with E-state index >= 15 is 0 Å². The molecule has 0 bridgehead atoms. The van der Waals surface area contributed by atoms with Gasteiger partial charge < -0.3 is 19.9 Å². The third-order valence-electron chi connectivity index (χ3n) is 3.16. The standard InChI is InChI=1S/C15H24ClNO3/c1-4-15(2,18)11-20-14-7-5-6-13(16)12(14)10-17-8-9-19-3/h5-7,17-18H,4,8-11H2,1-3H3. The normalized spacial score (nSPS) is 14.1. The van der Waals surface area contributed by atoms with Crippen molar-refractivity contribution in [3.05, 3.63) is 28.8 Å². The topological polar surface area (TPSA) is 50.7 Å². The zero-order valence-electron chi connectivity index (χ0n) is 12.4. The van der Waals surface area contributed by atoms with E-state index < -0.39 is 5.60 Å². The third-order valence-corrected chi connectivity index (χ3v) is 3.52. The van der Waals surface area contributed by atoms with Crippen LogP contribution in [-0.2, 0) is 11.3 Å². The molecule has 0 aliphatic rings. The lowest BCUT2D eigenvalue weighted by atomic mass is 10.1. The lowest BCUT2D eigenvalue weighted by Gasteiger charge is -2.23. The van der Waals surface area contributed by atoms with E-state index in [1.807, 2.05) is 25.1 Å². The summed E-state index contributed by atoms with van der Waals surface area (Å²) in [6, 6.07) is 5.54.